The van der Waals surface area contributed by atoms with Gasteiger partial charge in [-0.15, -0.1) is 0 Å². The summed E-state index contributed by atoms with van der Waals surface area (Å²) in [5, 5.41) is 10.2. The molecule has 0 amide bonds. The fraction of sp³-hybridized carbons (Fsp3) is 0.188. The highest BCUT2D eigenvalue weighted by Gasteiger charge is 2.07. The van der Waals surface area contributed by atoms with E-state index in [-0.39, 0.29) is 5.56 Å². The van der Waals surface area contributed by atoms with Gasteiger partial charge in [0.2, 0.25) is 0 Å². The molecule has 0 aliphatic heterocycles. The highest BCUT2D eigenvalue weighted by molar-refractivity contribution is 9.10. The van der Waals surface area contributed by atoms with Gasteiger partial charge in [-0.1, -0.05) is 45.2 Å². The van der Waals surface area contributed by atoms with Gasteiger partial charge in [0, 0.05) is 14.5 Å². The third-order valence-electron chi connectivity index (χ3n) is 3.08. The van der Waals surface area contributed by atoms with Crippen LogP contribution in [-0.4, -0.2) is 17.7 Å². The molecule has 0 aliphatic carbocycles. The second-order valence-electron chi connectivity index (χ2n) is 4.65. The summed E-state index contributed by atoms with van der Waals surface area (Å²) in [6, 6.07) is 10.2. The standard InChI is InChI=1S/C16H13BrCl2O3/c17-14-4-2-11(16(20)21)7-12(14)9-22-6-5-10-1-3-13(18)8-15(10)19/h1-4,7-8H,5-6,9H2,(H,20,21). The molecule has 116 valence electrons. The lowest BCUT2D eigenvalue weighted by Crippen LogP contribution is -2.02. The molecule has 0 aromatic heterocycles. The largest absolute Gasteiger partial charge is 0.478 e. The Kier molecular flexibility index (Phi) is 6.26. The van der Waals surface area contributed by atoms with Crippen molar-refractivity contribution in [3.63, 3.8) is 0 Å². The van der Waals surface area contributed by atoms with Gasteiger partial charge in [-0.2, -0.15) is 0 Å². The predicted molar refractivity (Wildman–Crippen MR) is 90.9 cm³/mol. The Balaban J connectivity index is 1.91. The molecule has 0 atom stereocenters. The number of carboxylic acid groups (broad SMARTS) is 1. The molecule has 0 saturated heterocycles. The van der Waals surface area contributed by atoms with Crippen LogP contribution in [0.5, 0.6) is 0 Å². The van der Waals surface area contributed by atoms with E-state index >= 15 is 0 Å². The minimum Gasteiger partial charge on any atom is -0.478 e. The second-order valence-corrected chi connectivity index (χ2v) is 6.35. The molecule has 0 radical (unpaired) electrons. The third-order valence-corrected chi connectivity index (χ3v) is 4.44. The molecule has 3 nitrogen and oxygen atoms in total. The number of aromatic carboxylic acids is 1. The van der Waals surface area contributed by atoms with Gasteiger partial charge in [0.1, 0.15) is 0 Å². The maximum absolute atomic E-state index is 11.0. The van der Waals surface area contributed by atoms with Crippen LogP contribution < -0.4 is 0 Å². The SMILES string of the molecule is O=C(O)c1ccc(Br)c(COCCc2ccc(Cl)cc2Cl)c1. The van der Waals surface area contributed by atoms with E-state index in [1.54, 1.807) is 30.3 Å². The van der Waals surface area contributed by atoms with Gasteiger partial charge in [0.25, 0.3) is 0 Å². The molecule has 1 N–H and O–H groups in total. The Morgan fingerprint density at radius 2 is 1.91 bits per heavy atom. The van der Waals surface area contributed by atoms with E-state index in [0.717, 1.165) is 15.6 Å². The van der Waals surface area contributed by atoms with Gasteiger partial charge in [0.05, 0.1) is 18.8 Å². The van der Waals surface area contributed by atoms with E-state index in [2.05, 4.69) is 15.9 Å². The van der Waals surface area contributed by atoms with E-state index in [1.807, 2.05) is 6.07 Å². The van der Waals surface area contributed by atoms with Crippen molar-refractivity contribution in [2.45, 2.75) is 13.0 Å². The Morgan fingerprint density at radius 3 is 2.59 bits per heavy atom. The first kappa shape index (κ1) is 17.3. The van der Waals surface area contributed by atoms with Gasteiger partial charge in [-0.05, 0) is 47.9 Å². The lowest BCUT2D eigenvalue weighted by Gasteiger charge is -2.08. The van der Waals surface area contributed by atoms with Crippen LogP contribution in [-0.2, 0) is 17.8 Å². The highest BCUT2D eigenvalue weighted by Crippen LogP contribution is 2.22. The van der Waals surface area contributed by atoms with Gasteiger partial charge in [-0.25, -0.2) is 4.79 Å². The van der Waals surface area contributed by atoms with Crippen LogP contribution in [0.25, 0.3) is 0 Å². The maximum Gasteiger partial charge on any atom is 0.335 e. The Hall–Kier alpha value is -1.07. The summed E-state index contributed by atoms with van der Waals surface area (Å²) < 4.78 is 6.43. The molecule has 2 rings (SSSR count). The monoisotopic (exact) mass is 402 g/mol. The van der Waals surface area contributed by atoms with Crippen molar-refractivity contribution >= 4 is 45.1 Å². The summed E-state index contributed by atoms with van der Waals surface area (Å²) in [7, 11) is 0. The first-order valence-electron chi connectivity index (χ1n) is 6.51. The van der Waals surface area contributed by atoms with Crippen LogP contribution in [0.2, 0.25) is 10.0 Å². The number of halogens is 3. The number of carboxylic acids is 1. The fourth-order valence-corrected chi connectivity index (χ4v) is 2.77. The van der Waals surface area contributed by atoms with Crippen molar-refractivity contribution in [2.75, 3.05) is 6.61 Å². The first-order chi connectivity index (χ1) is 10.5. The molecule has 2 aromatic rings. The Morgan fingerprint density at radius 1 is 1.14 bits per heavy atom. The minimum absolute atomic E-state index is 0.238. The Bertz CT molecular complexity index is 689. The molecule has 6 heteroatoms. The van der Waals surface area contributed by atoms with Crippen LogP contribution in [0.15, 0.2) is 40.9 Å². The van der Waals surface area contributed by atoms with Gasteiger partial charge < -0.3 is 9.84 Å². The van der Waals surface area contributed by atoms with E-state index < -0.39 is 5.97 Å². The first-order valence-corrected chi connectivity index (χ1v) is 8.05. The number of benzene rings is 2. The van der Waals surface area contributed by atoms with Crippen molar-refractivity contribution in [3.05, 3.63) is 67.6 Å². The lowest BCUT2D eigenvalue weighted by molar-refractivity contribution is 0.0696. The molecule has 0 aliphatic rings. The summed E-state index contributed by atoms with van der Waals surface area (Å²) in [4.78, 5) is 11.0. The van der Waals surface area contributed by atoms with Crippen molar-refractivity contribution in [1.82, 2.24) is 0 Å². The van der Waals surface area contributed by atoms with E-state index in [0.29, 0.717) is 29.7 Å². The number of rotatable bonds is 6. The normalized spacial score (nSPS) is 10.7. The average molecular weight is 404 g/mol. The summed E-state index contributed by atoms with van der Waals surface area (Å²) in [6.45, 7) is 0.804. The van der Waals surface area contributed by atoms with Crippen LogP contribution >= 0.6 is 39.1 Å². The Labute approximate surface area is 146 Å². The van der Waals surface area contributed by atoms with Crippen molar-refractivity contribution < 1.29 is 14.6 Å². The predicted octanol–water partition coefficient (Wildman–Crippen LogP) is 5.21. The molecule has 0 fully saturated rings. The molecule has 0 heterocycles. The zero-order valence-corrected chi connectivity index (χ0v) is 14.6. The van der Waals surface area contributed by atoms with E-state index in [9.17, 15) is 4.79 Å². The van der Waals surface area contributed by atoms with Gasteiger partial charge in [0.15, 0.2) is 0 Å². The molecular weight excluding hydrogens is 391 g/mol. The zero-order chi connectivity index (χ0) is 16.1. The van der Waals surface area contributed by atoms with E-state index in [1.165, 1.54) is 0 Å². The second kappa shape index (κ2) is 7.97. The maximum atomic E-state index is 11.0. The number of carbonyl (C=O) groups is 1. The smallest absolute Gasteiger partial charge is 0.335 e. The summed E-state index contributed by atoms with van der Waals surface area (Å²) in [5.74, 6) is -0.957. The molecule has 0 spiro atoms. The molecule has 22 heavy (non-hydrogen) atoms. The van der Waals surface area contributed by atoms with Crippen molar-refractivity contribution in [2.24, 2.45) is 0 Å². The van der Waals surface area contributed by atoms with Crippen LogP contribution in [0.1, 0.15) is 21.5 Å². The molecule has 2 aromatic carbocycles. The molecular formula is C16H13BrCl2O3. The lowest BCUT2D eigenvalue weighted by atomic mass is 10.1. The summed E-state index contributed by atoms with van der Waals surface area (Å²) in [6.07, 6.45) is 0.659. The summed E-state index contributed by atoms with van der Waals surface area (Å²) in [5.41, 5.74) is 1.99. The van der Waals surface area contributed by atoms with Crippen LogP contribution in [0.3, 0.4) is 0 Å². The van der Waals surface area contributed by atoms with Crippen LogP contribution in [0, 0.1) is 0 Å². The molecule has 0 unspecified atom stereocenters. The summed E-state index contributed by atoms with van der Waals surface area (Å²) >= 11 is 15.3. The topological polar surface area (TPSA) is 46.5 Å². The van der Waals surface area contributed by atoms with Crippen LogP contribution in [0.4, 0.5) is 0 Å². The number of hydrogen-bond acceptors (Lipinski definition) is 2. The highest BCUT2D eigenvalue weighted by atomic mass is 79.9. The average Bonchev–Trinajstić information content (AvgIpc) is 2.46. The fourth-order valence-electron chi connectivity index (χ4n) is 1.91. The minimum atomic E-state index is -0.957. The quantitative estimate of drug-likeness (QED) is 0.673. The van der Waals surface area contributed by atoms with Gasteiger partial charge in [-0.3, -0.25) is 0 Å². The van der Waals surface area contributed by atoms with Crippen molar-refractivity contribution in [3.8, 4) is 0 Å². The number of hydrogen-bond donors (Lipinski definition) is 1. The molecule has 0 saturated carbocycles. The molecule has 0 bridgehead atoms. The van der Waals surface area contributed by atoms with E-state index in [4.69, 9.17) is 33.0 Å². The van der Waals surface area contributed by atoms with Gasteiger partial charge >= 0.3 is 5.97 Å². The van der Waals surface area contributed by atoms with Crippen molar-refractivity contribution in [1.29, 1.82) is 0 Å². The number of ether oxygens (including phenoxy) is 1. The third kappa shape index (κ3) is 4.71. The zero-order valence-electron chi connectivity index (χ0n) is 11.5.